The molecule has 0 radical (unpaired) electrons. The first-order chi connectivity index (χ1) is 10.0. The largest absolute Gasteiger partial charge is 0.399 e. The van der Waals surface area contributed by atoms with E-state index in [0.29, 0.717) is 11.4 Å². The fourth-order valence-electron chi connectivity index (χ4n) is 1.90. The second kappa shape index (κ2) is 6.09. The van der Waals surface area contributed by atoms with Crippen molar-refractivity contribution in [1.82, 2.24) is 14.7 Å². The molecular weight excluding hydrogens is 266 g/mol. The highest BCUT2D eigenvalue weighted by molar-refractivity contribution is 5.92. The molecule has 1 unspecified atom stereocenters. The number of carbonyl (C=O) groups excluding carboxylic acids is 1. The first-order valence-corrected chi connectivity index (χ1v) is 6.58. The van der Waals surface area contributed by atoms with Crippen LogP contribution in [-0.4, -0.2) is 33.7 Å². The lowest BCUT2D eigenvalue weighted by Crippen LogP contribution is -2.35. The van der Waals surface area contributed by atoms with E-state index in [9.17, 15) is 4.79 Å². The average Bonchev–Trinajstić information content (AvgIpc) is 2.95. The van der Waals surface area contributed by atoms with Gasteiger partial charge in [0.15, 0.2) is 5.69 Å². The Morgan fingerprint density at radius 3 is 2.95 bits per heavy atom. The van der Waals surface area contributed by atoms with Gasteiger partial charge in [0, 0.05) is 25.0 Å². The lowest BCUT2D eigenvalue weighted by molar-refractivity contribution is 0.0740. The lowest BCUT2D eigenvalue weighted by Gasteiger charge is -2.21. The number of nitrogen functional groups attached to an aromatic ring is 1. The van der Waals surface area contributed by atoms with Crippen molar-refractivity contribution in [2.75, 3.05) is 12.8 Å². The Bertz CT molecular complexity index is 685. The molecule has 0 saturated carbocycles. The number of benzene rings is 1. The molecule has 1 aromatic heterocycles. The molecule has 21 heavy (non-hydrogen) atoms. The van der Waals surface area contributed by atoms with Crippen LogP contribution in [0.4, 0.5) is 5.69 Å². The van der Waals surface area contributed by atoms with Crippen LogP contribution in [0.2, 0.25) is 0 Å². The molecule has 1 aromatic carbocycles. The van der Waals surface area contributed by atoms with Gasteiger partial charge in [-0.3, -0.25) is 4.79 Å². The Kier molecular flexibility index (Phi) is 4.24. The molecule has 0 aliphatic rings. The number of anilines is 1. The third-order valence-corrected chi connectivity index (χ3v) is 3.31. The van der Waals surface area contributed by atoms with Crippen molar-refractivity contribution < 1.29 is 4.79 Å². The van der Waals surface area contributed by atoms with Crippen LogP contribution in [0.25, 0.3) is 5.69 Å². The molecule has 6 nitrogen and oxygen atoms in total. The fraction of sp³-hybridized carbons (Fsp3) is 0.267. The highest BCUT2D eigenvalue weighted by atomic mass is 16.2. The van der Waals surface area contributed by atoms with Gasteiger partial charge in [0.25, 0.3) is 5.91 Å². The van der Waals surface area contributed by atoms with E-state index in [4.69, 9.17) is 11.0 Å². The Morgan fingerprint density at radius 1 is 1.52 bits per heavy atom. The number of amides is 1. The van der Waals surface area contributed by atoms with Crippen LogP contribution in [0.15, 0.2) is 36.5 Å². The third-order valence-electron chi connectivity index (χ3n) is 3.31. The summed E-state index contributed by atoms with van der Waals surface area (Å²) in [5, 5.41) is 13.0. The van der Waals surface area contributed by atoms with Crippen molar-refractivity contribution in [2.24, 2.45) is 0 Å². The SMILES string of the molecule is CC(CC#N)N(C)C(=O)c1ccn(-c2cccc(N)c2)n1. The summed E-state index contributed by atoms with van der Waals surface area (Å²) in [5.41, 5.74) is 7.50. The van der Waals surface area contributed by atoms with Crippen molar-refractivity contribution >= 4 is 11.6 Å². The number of nitriles is 1. The van der Waals surface area contributed by atoms with E-state index in [1.54, 1.807) is 36.1 Å². The van der Waals surface area contributed by atoms with Gasteiger partial charge in [0.1, 0.15) is 0 Å². The number of carbonyl (C=O) groups is 1. The van der Waals surface area contributed by atoms with Gasteiger partial charge in [-0.25, -0.2) is 4.68 Å². The number of nitrogens with zero attached hydrogens (tertiary/aromatic N) is 4. The zero-order valence-electron chi connectivity index (χ0n) is 12.0. The molecule has 2 aromatic rings. The normalized spacial score (nSPS) is 11.7. The molecule has 108 valence electrons. The van der Waals surface area contributed by atoms with Crippen molar-refractivity contribution in [3.8, 4) is 11.8 Å². The highest BCUT2D eigenvalue weighted by Gasteiger charge is 2.19. The molecule has 2 N–H and O–H groups in total. The van der Waals surface area contributed by atoms with Gasteiger partial charge in [0.05, 0.1) is 18.2 Å². The second-order valence-electron chi connectivity index (χ2n) is 4.87. The van der Waals surface area contributed by atoms with Gasteiger partial charge in [0.2, 0.25) is 0 Å². The summed E-state index contributed by atoms with van der Waals surface area (Å²) in [5.74, 6) is -0.208. The minimum Gasteiger partial charge on any atom is -0.399 e. The number of nitrogens with two attached hydrogens (primary N) is 1. The molecule has 6 heteroatoms. The summed E-state index contributed by atoms with van der Waals surface area (Å²) < 4.78 is 1.60. The van der Waals surface area contributed by atoms with Crippen LogP contribution in [0, 0.1) is 11.3 Å². The van der Waals surface area contributed by atoms with Gasteiger partial charge in [-0.15, -0.1) is 0 Å². The average molecular weight is 283 g/mol. The van der Waals surface area contributed by atoms with Gasteiger partial charge < -0.3 is 10.6 Å². The molecule has 0 saturated heterocycles. The molecular formula is C15H17N5O. The van der Waals surface area contributed by atoms with Crippen LogP contribution >= 0.6 is 0 Å². The van der Waals surface area contributed by atoms with Crippen LogP contribution in [-0.2, 0) is 0 Å². The van der Waals surface area contributed by atoms with Crippen molar-refractivity contribution in [3.05, 3.63) is 42.2 Å². The number of rotatable bonds is 4. The first kappa shape index (κ1) is 14.6. The predicted octanol–water partition coefficient (Wildman–Crippen LogP) is 1.83. The van der Waals surface area contributed by atoms with Crippen LogP contribution < -0.4 is 5.73 Å². The monoisotopic (exact) mass is 283 g/mol. The van der Waals surface area contributed by atoms with E-state index in [0.717, 1.165) is 5.69 Å². The van der Waals surface area contributed by atoms with E-state index in [1.165, 1.54) is 4.90 Å². The maximum Gasteiger partial charge on any atom is 0.274 e. The summed E-state index contributed by atoms with van der Waals surface area (Å²) in [7, 11) is 1.67. The van der Waals surface area contributed by atoms with Crippen LogP contribution in [0.3, 0.4) is 0 Å². The van der Waals surface area contributed by atoms with Gasteiger partial charge in [-0.05, 0) is 31.2 Å². The molecule has 0 fully saturated rings. The second-order valence-corrected chi connectivity index (χ2v) is 4.87. The molecule has 0 spiro atoms. The molecule has 1 amide bonds. The molecule has 0 bridgehead atoms. The highest BCUT2D eigenvalue weighted by Crippen LogP contribution is 2.13. The van der Waals surface area contributed by atoms with E-state index >= 15 is 0 Å². The third kappa shape index (κ3) is 3.20. The van der Waals surface area contributed by atoms with E-state index in [2.05, 4.69) is 11.2 Å². The van der Waals surface area contributed by atoms with Crippen molar-refractivity contribution in [1.29, 1.82) is 5.26 Å². The van der Waals surface area contributed by atoms with E-state index in [-0.39, 0.29) is 18.4 Å². The smallest absolute Gasteiger partial charge is 0.274 e. The minimum absolute atomic E-state index is 0.153. The number of aromatic nitrogens is 2. The maximum atomic E-state index is 12.3. The van der Waals surface area contributed by atoms with Gasteiger partial charge >= 0.3 is 0 Å². The lowest BCUT2D eigenvalue weighted by atomic mass is 10.2. The van der Waals surface area contributed by atoms with E-state index in [1.807, 2.05) is 19.1 Å². The van der Waals surface area contributed by atoms with Crippen molar-refractivity contribution in [2.45, 2.75) is 19.4 Å². The Labute approximate surface area is 123 Å². The predicted molar refractivity (Wildman–Crippen MR) is 79.8 cm³/mol. The minimum atomic E-state index is -0.208. The molecule has 1 atom stereocenters. The summed E-state index contributed by atoms with van der Waals surface area (Å²) in [4.78, 5) is 13.8. The number of hydrogen-bond acceptors (Lipinski definition) is 4. The molecule has 1 heterocycles. The standard InChI is InChI=1S/C15H17N5O/c1-11(6-8-16)19(2)15(21)14-7-9-20(18-14)13-5-3-4-12(17)10-13/h3-5,7,9-11H,6,17H2,1-2H3. The summed E-state index contributed by atoms with van der Waals surface area (Å²) in [6.07, 6.45) is 2.00. The zero-order chi connectivity index (χ0) is 15.4. The Hall–Kier alpha value is -2.81. The Balaban J connectivity index is 2.20. The summed E-state index contributed by atoms with van der Waals surface area (Å²) in [6.45, 7) is 1.83. The van der Waals surface area contributed by atoms with Crippen LogP contribution in [0.5, 0.6) is 0 Å². The van der Waals surface area contributed by atoms with Crippen molar-refractivity contribution in [3.63, 3.8) is 0 Å². The van der Waals surface area contributed by atoms with E-state index < -0.39 is 0 Å². The molecule has 0 aliphatic carbocycles. The zero-order valence-corrected chi connectivity index (χ0v) is 12.0. The molecule has 2 rings (SSSR count). The maximum absolute atomic E-state index is 12.3. The van der Waals surface area contributed by atoms with Gasteiger partial charge in [-0.2, -0.15) is 10.4 Å². The summed E-state index contributed by atoms with van der Waals surface area (Å²) >= 11 is 0. The first-order valence-electron chi connectivity index (χ1n) is 6.58. The topological polar surface area (TPSA) is 87.9 Å². The molecule has 0 aliphatic heterocycles. The summed E-state index contributed by atoms with van der Waals surface area (Å²) in [6, 6.07) is 10.8. The van der Waals surface area contributed by atoms with Crippen LogP contribution in [0.1, 0.15) is 23.8 Å². The number of hydrogen-bond donors (Lipinski definition) is 1. The Morgan fingerprint density at radius 2 is 2.29 bits per heavy atom. The van der Waals surface area contributed by atoms with Gasteiger partial charge in [-0.1, -0.05) is 6.07 Å². The quantitative estimate of drug-likeness (QED) is 0.867. The fourth-order valence-corrected chi connectivity index (χ4v) is 1.90.